The molecule has 0 bridgehead atoms. The molecular weight excluding hydrogens is 285 g/mol. The maximum absolute atomic E-state index is 13.1. The van der Waals surface area contributed by atoms with Crippen LogP contribution in [0.4, 0.5) is 15.8 Å². The smallest absolute Gasteiger partial charge is 0.204 e. The number of amidine groups is 1. The molecule has 1 aromatic carbocycles. The van der Waals surface area contributed by atoms with Gasteiger partial charge in [0.2, 0.25) is 5.78 Å². The Morgan fingerprint density at radius 2 is 2.00 bits per heavy atom. The van der Waals surface area contributed by atoms with Crippen molar-refractivity contribution in [1.82, 2.24) is 4.98 Å². The lowest BCUT2D eigenvalue weighted by Gasteiger charge is -2.29. The summed E-state index contributed by atoms with van der Waals surface area (Å²) in [6.45, 7) is 0.439. The van der Waals surface area contributed by atoms with Crippen LogP contribution in [-0.2, 0) is 0 Å². The molecule has 110 valence electrons. The summed E-state index contributed by atoms with van der Waals surface area (Å²) >= 11 is 0. The summed E-state index contributed by atoms with van der Waals surface area (Å²) in [6.07, 6.45) is 3.26. The van der Waals surface area contributed by atoms with Gasteiger partial charge in [-0.1, -0.05) is 0 Å². The van der Waals surface area contributed by atoms with E-state index in [0.29, 0.717) is 23.5 Å². The second-order valence-electron chi connectivity index (χ2n) is 5.40. The summed E-state index contributed by atoms with van der Waals surface area (Å²) < 4.78 is 13.1. The van der Waals surface area contributed by atoms with Gasteiger partial charge in [-0.25, -0.2) is 9.38 Å². The van der Waals surface area contributed by atoms with Crippen LogP contribution in [0.3, 0.4) is 0 Å². The van der Waals surface area contributed by atoms with E-state index in [2.05, 4.69) is 9.98 Å². The zero-order chi connectivity index (χ0) is 15.3. The molecule has 0 aliphatic carbocycles. The SMILES string of the molecule is O=C1c2ccncc2N=C2N(c3ccc(F)cc3)CCC12O. The Balaban J connectivity index is 1.85. The number of halogens is 1. The van der Waals surface area contributed by atoms with Gasteiger partial charge in [-0.05, 0) is 30.3 Å². The molecule has 2 aliphatic heterocycles. The molecule has 0 amide bonds. The average molecular weight is 297 g/mol. The maximum atomic E-state index is 13.1. The Kier molecular flexibility index (Phi) is 2.65. The predicted molar refractivity (Wildman–Crippen MR) is 79.0 cm³/mol. The fraction of sp³-hybridized carbons (Fsp3) is 0.188. The Labute approximate surface area is 125 Å². The number of rotatable bonds is 1. The zero-order valence-electron chi connectivity index (χ0n) is 11.5. The standard InChI is InChI=1S/C16H12FN3O2/c17-10-1-3-11(4-2-10)20-8-6-16(22)14(21)12-5-7-18-9-13(12)19-15(16)20/h1-5,7,9,22H,6,8H2. The first-order valence-electron chi connectivity index (χ1n) is 6.93. The molecule has 1 fully saturated rings. The number of ketones is 1. The Morgan fingerprint density at radius 1 is 1.23 bits per heavy atom. The van der Waals surface area contributed by atoms with Gasteiger partial charge in [-0.2, -0.15) is 0 Å². The molecular formula is C16H12FN3O2. The quantitative estimate of drug-likeness (QED) is 0.875. The van der Waals surface area contributed by atoms with Crippen LogP contribution < -0.4 is 4.90 Å². The largest absolute Gasteiger partial charge is 0.374 e. The first-order chi connectivity index (χ1) is 10.6. The molecule has 22 heavy (non-hydrogen) atoms. The minimum atomic E-state index is -1.62. The first-order valence-corrected chi connectivity index (χ1v) is 6.93. The Bertz CT molecular complexity index is 803. The van der Waals surface area contributed by atoms with Gasteiger partial charge in [-0.15, -0.1) is 0 Å². The molecule has 2 aliphatic rings. The maximum Gasteiger partial charge on any atom is 0.204 e. The van der Waals surface area contributed by atoms with E-state index in [1.165, 1.54) is 24.5 Å². The number of Topliss-reactive ketones (excluding diaryl/α,β-unsaturated/α-hetero) is 1. The van der Waals surface area contributed by atoms with Crippen LogP contribution in [0.25, 0.3) is 0 Å². The van der Waals surface area contributed by atoms with E-state index < -0.39 is 5.60 Å². The van der Waals surface area contributed by atoms with Crippen LogP contribution in [0.5, 0.6) is 0 Å². The molecule has 1 unspecified atom stereocenters. The lowest BCUT2D eigenvalue weighted by molar-refractivity contribution is 0.0602. The highest BCUT2D eigenvalue weighted by Crippen LogP contribution is 2.38. The number of fused-ring (bicyclic) bond motifs is 2. The van der Waals surface area contributed by atoms with Crippen LogP contribution in [0.15, 0.2) is 47.7 Å². The van der Waals surface area contributed by atoms with E-state index in [1.807, 2.05) is 0 Å². The number of hydrogen-bond donors (Lipinski definition) is 1. The fourth-order valence-corrected chi connectivity index (χ4v) is 2.96. The van der Waals surface area contributed by atoms with Crippen molar-refractivity contribution in [2.75, 3.05) is 11.4 Å². The van der Waals surface area contributed by atoms with Gasteiger partial charge in [0.25, 0.3) is 0 Å². The van der Waals surface area contributed by atoms with Crippen molar-refractivity contribution in [2.24, 2.45) is 4.99 Å². The van der Waals surface area contributed by atoms with Crippen molar-refractivity contribution in [1.29, 1.82) is 0 Å². The van der Waals surface area contributed by atoms with Gasteiger partial charge < -0.3 is 10.0 Å². The van der Waals surface area contributed by atoms with E-state index in [-0.39, 0.29) is 23.9 Å². The summed E-state index contributed by atoms with van der Waals surface area (Å²) in [5.41, 5.74) is -0.109. The highest BCUT2D eigenvalue weighted by molar-refractivity contribution is 6.28. The average Bonchev–Trinajstić information content (AvgIpc) is 2.87. The minimum absolute atomic E-state index is 0.254. The summed E-state index contributed by atoms with van der Waals surface area (Å²) in [6, 6.07) is 7.46. The summed E-state index contributed by atoms with van der Waals surface area (Å²) in [7, 11) is 0. The van der Waals surface area contributed by atoms with Crippen LogP contribution in [0, 0.1) is 5.82 Å². The Hall–Kier alpha value is -2.60. The summed E-state index contributed by atoms with van der Waals surface area (Å²) in [5.74, 6) is -0.418. The van der Waals surface area contributed by atoms with Crippen LogP contribution in [0.1, 0.15) is 16.8 Å². The number of carbonyl (C=O) groups is 1. The third-order valence-corrected chi connectivity index (χ3v) is 4.11. The highest BCUT2D eigenvalue weighted by atomic mass is 19.1. The van der Waals surface area contributed by atoms with E-state index in [4.69, 9.17) is 0 Å². The van der Waals surface area contributed by atoms with Crippen molar-refractivity contribution >= 4 is 23.0 Å². The Morgan fingerprint density at radius 3 is 2.77 bits per heavy atom. The van der Waals surface area contributed by atoms with Gasteiger partial charge in [0.1, 0.15) is 11.7 Å². The lowest BCUT2D eigenvalue weighted by atomic mass is 9.88. The molecule has 0 spiro atoms. The number of benzene rings is 1. The molecule has 1 aromatic heterocycles. The fourth-order valence-electron chi connectivity index (χ4n) is 2.96. The van der Waals surface area contributed by atoms with Gasteiger partial charge >= 0.3 is 0 Å². The molecule has 1 N–H and O–H groups in total. The number of aromatic nitrogens is 1. The topological polar surface area (TPSA) is 65.8 Å². The van der Waals surface area contributed by atoms with Crippen molar-refractivity contribution < 1.29 is 14.3 Å². The third-order valence-electron chi connectivity index (χ3n) is 4.11. The molecule has 2 aromatic rings. The zero-order valence-corrected chi connectivity index (χ0v) is 11.5. The van der Waals surface area contributed by atoms with E-state index >= 15 is 0 Å². The van der Waals surface area contributed by atoms with E-state index in [1.54, 1.807) is 23.1 Å². The van der Waals surface area contributed by atoms with Gasteiger partial charge in [0.15, 0.2) is 5.60 Å². The van der Waals surface area contributed by atoms with Gasteiger partial charge in [-0.3, -0.25) is 9.78 Å². The number of pyridine rings is 1. The van der Waals surface area contributed by atoms with E-state index in [0.717, 1.165) is 0 Å². The molecule has 1 atom stereocenters. The predicted octanol–water partition coefficient (Wildman–Crippen LogP) is 2.09. The number of nitrogens with zero attached hydrogens (tertiary/aromatic N) is 3. The van der Waals surface area contributed by atoms with Crippen molar-refractivity contribution in [3.63, 3.8) is 0 Å². The molecule has 1 saturated heterocycles. The lowest BCUT2D eigenvalue weighted by Crippen LogP contribution is -2.48. The number of aliphatic hydroxyl groups is 1. The normalized spacial score (nSPS) is 23.1. The first kappa shape index (κ1) is 13.1. The van der Waals surface area contributed by atoms with E-state index in [9.17, 15) is 14.3 Å². The molecule has 6 heteroatoms. The molecule has 4 rings (SSSR count). The van der Waals surface area contributed by atoms with Crippen molar-refractivity contribution in [3.05, 3.63) is 54.1 Å². The molecule has 0 radical (unpaired) electrons. The van der Waals surface area contributed by atoms with Gasteiger partial charge in [0.05, 0.1) is 17.4 Å². The number of anilines is 1. The van der Waals surface area contributed by atoms with Crippen LogP contribution in [0.2, 0.25) is 0 Å². The molecule has 3 heterocycles. The molecule has 0 saturated carbocycles. The van der Waals surface area contributed by atoms with Crippen LogP contribution in [-0.4, -0.2) is 33.9 Å². The highest BCUT2D eigenvalue weighted by Gasteiger charge is 2.52. The third kappa shape index (κ3) is 1.70. The van der Waals surface area contributed by atoms with Crippen molar-refractivity contribution in [3.8, 4) is 0 Å². The monoisotopic (exact) mass is 297 g/mol. The van der Waals surface area contributed by atoms with Crippen LogP contribution >= 0.6 is 0 Å². The van der Waals surface area contributed by atoms with Crippen molar-refractivity contribution in [2.45, 2.75) is 12.0 Å². The second-order valence-corrected chi connectivity index (χ2v) is 5.40. The number of carbonyl (C=O) groups excluding carboxylic acids is 1. The number of aliphatic imine (C=N–C) groups is 1. The minimum Gasteiger partial charge on any atom is -0.374 e. The summed E-state index contributed by atoms with van der Waals surface area (Å²) in [4.78, 5) is 22.7. The summed E-state index contributed by atoms with van der Waals surface area (Å²) in [5, 5.41) is 10.8. The second kappa shape index (κ2) is 4.45. The molecule has 5 nitrogen and oxygen atoms in total. The van der Waals surface area contributed by atoms with Gasteiger partial charge in [0, 0.05) is 24.8 Å². The number of hydrogen-bond acceptors (Lipinski definition) is 5.